The third-order valence-electron chi connectivity index (χ3n) is 4.06. The third-order valence-corrected chi connectivity index (χ3v) is 4.06. The van der Waals surface area contributed by atoms with Gasteiger partial charge in [0.25, 0.3) is 0 Å². The van der Waals surface area contributed by atoms with Gasteiger partial charge >= 0.3 is 0 Å². The first kappa shape index (κ1) is 21.3. The van der Waals surface area contributed by atoms with Gasteiger partial charge in [-0.05, 0) is 42.7 Å². The summed E-state index contributed by atoms with van der Waals surface area (Å²) in [5.41, 5.74) is 1.88. The molecule has 1 aliphatic rings. The van der Waals surface area contributed by atoms with Crippen molar-refractivity contribution in [3.05, 3.63) is 53.8 Å². The smallest absolute Gasteiger partial charge is 0.195 e. The number of ether oxygens (including phenoxy) is 2. The molecular formula is C20H25FIN3O2. The summed E-state index contributed by atoms with van der Waals surface area (Å²) < 4.78 is 24.5. The number of hydrogen-bond donors (Lipinski definition) is 2. The molecule has 146 valence electrons. The molecule has 0 atom stereocenters. The Morgan fingerprint density at radius 1 is 1.11 bits per heavy atom. The predicted octanol–water partition coefficient (Wildman–Crippen LogP) is 4.23. The molecule has 27 heavy (non-hydrogen) atoms. The van der Waals surface area contributed by atoms with E-state index in [9.17, 15) is 4.39 Å². The quantitative estimate of drug-likeness (QED) is 0.288. The zero-order valence-electron chi connectivity index (χ0n) is 15.3. The van der Waals surface area contributed by atoms with E-state index in [0.717, 1.165) is 48.6 Å². The first-order valence-corrected chi connectivity index (χ1v) is 8.86. The molecule has 0 unspecified atom stereocenters. The Morgan fingerprint density at radius 3 is 2.70 bits per heavy atom. The fourth-order valence-electron chi connectivity index (χ4n) is 2.75. The molecule has 0 saturated heterocycles. The normalized spacial score (nSPS) is 13.3. The highest BCUT2D eigenvalue weighted by Crippen LogP contribution is 2.32. The fourth-order valence-corrected chi connectivity index (χ4v) is 2.75. The lowest BCUT2D eigenvalue weighted by Gasteiger charge is -2.14. The summed E-state index contributed by atoms with van der Waals surface area (Å²) in [4.78, 5) is 4.23. The van der Waals surface area contributed by atoms with Gasteiger partial charge in [-0.25, -0.2) is 4.39 Å². The highest BCUT2D eigenvalue weighted by atomic mass is 127. The molecule has 3 rings (SSSR count). The Bertz CT molecular complexity index is 771. The summed E-state index contributed by atoms with van der Waals surface area (Å²) in [7, 11) is 1.73. The van der Waals surface area contributed by atoms with Crippen molar-refractivity contribution in [2.75, 3.05) is 32.1 Å². The van der Waals surface area contributed by atoms with E-state index in [1.54, 1.807) is 19.2 Å². The van der Waals surface area contributed by atoms with Crippen LogP contribution >= 0.6 is 24.0 Å². The van der Waals surface area contributed by atoms with Crippen molar-refractivity contribution in [2.45, 2.75) is 19.3 Å². The van der Waals surface area contributed by atoms with Crippen molar-refractivity contribution < 1.29 is 13.9 Å². The van der Waals surface area contributed by atoms with Crippen LogP contribution in [0.4, 0.5) is 10.1 Å². The largest absolute Gasteiger partial charge is 0.490 e. The minimum Gasteiger partial charge on any atom is -0.490 e. The van der Waals surface area contributed by atoms with E-state index < -0.39 is 0 Å². The van der Waals surface area contributed by atoms with Crippen LogP contribution in [0, 0.1) is 5.82 Å². The van der Waals surface area contributed by atoms with Crippen molar-refractivity contribution in [2.24, 2.45) is 4.99 Å². The Labute approximate surface area is 176 Å². The maximum Gasteiger partial charge on any atom is 0.195 e. The Morgan fingerprint density at radius 2 is 1.93 bits per heavy atom. The molecular weight excluding hydrogens is 460 g/mol. The van der Waals surface area contributed by atoms with Crippen molar-refractivity contribution >= 4 is 35.6 Å². The maximum atomic E-state index is 13.2. The van der Waals surface area contributed by atoms with E-state index in [1.807, 2.05) is 24.3 Å². The summed E-state index contributed by atoms with van der Waals surface area (Å²) in [6, 6.07) is 12.5. The SMILES string of the molecule is CN=C(NCCCc1cccc(F)c1)Nc1ccc2c(c1)OCCCO2.I. The second-order valence-corrected chi connectivity index (χ2v) is 6.07. The van der Waals surface area contributed by atoms with E-state index in [-0.39, 0.29) is 29.8 Å². The summed E-state index contributed by atoms with van der Waals surface area (Å²) in [5, 5.41) is 6.52. The number of anilines is 1. The van der Waals surface area contributed by atoms with Crippen LogP contribution in [0.2, 0.25) is 0 Å². The van der Waals surface area contributed by atoms with Gasteiger partial charge in [0.1, 0.15) is 5.82 Å². The highest BCUT2D eigenvalue weighted by molar-refractivity contribution is 14.0. The molecule has 1 aliphatic heterocycles. The second-order valence-electron chi connectivity index (χ2n) is 6.07. The molecule has 0 aliphatic carbocycles. The maximum absolute atomic E-state index is 13.2. The lowest BCUT2D eigenvalue weighted by atomic mass is 10.1. The number of guanidine groups is 1. The third kappa shape index (κ3) is 6.57. The summed E-state index contributed by atoms with van der Waals surface area (Å²) >= 11 is 0. The lowest BCUT2D eigenvalue weighted by molar-refractivity contribution is 0.297. The molecule has 0 fully saturated rings. The summed E-state index contributed by atoms with van der Waals surface area (Å²) in [5.74, 6) is 2.00. The van der Waals surface area contributed by atoms with Gasteiger partial charge in [-0.15, -0.1) is 24.0 Å². The van der Waals surface area contributed by atoms with Gasteiger partial charge in [0.2, 0.25) is 0 Å². The first-order valence-electron chi connectivity index (χ1n) is 8.86. The molecule has 0 amide bonds. The van der Waals surface area contributed by atoms with Gasteiger partial charge in [0, 0.05) is 31.8 Å². The molecule has 2 aromatic carbocycles. The number of aliphatic imine (C=N–C) groups is 1. The van der Waals surface area contributed by atoms with E-state index >= 15 is 0 Å². The average Bonchev–Trinajstić information content (AvgIpc) is 2.89. The molecule has 2 N–H and O–H groups in total. The van der Waals surface area contributed by atoms with E-state index in [4.69, 9.17) is 9.47 Å². The number of rotatable bonds is 5. The number of nitrogens with one attached hydrogen (secondary N) is 2. The van der Waals surface area contributed by atoms with E-state index in [0.29, 0.717) is 19.2 Å². The molecule has 0 spiro atoms. The molecule has 0 bridgehead atoms. The average molecular weight is 485 g/mol. The summed E-state index contributed by atoms with van der Waals surface area (Å²) in [6.45, 7) is 2.07. The molecule has 0 radical (unpaired) electrons. The van der Waals surface area contributed by atoms with Crippen molar-refractivity contribution in [1.82, 2.24) is 5.32 Å². The Kier molecular flexibility index (Phi) is 8.63. The van der Waals surface area contributed by atoms with Gasteiger partial charge in [0.05, 0.1) is 13.2 Å². The number of nitrogens with zero attached hydrogens (tertiary/aromatic N) is 1. The standard InChI is InChI=1S/C20H24FN3O2.HI/c1-22-20(23-10-3-6-15-5-2-7-16(21)13-15)24-17-8-9-18-19(14-17)26-12-4-11-25-18;/h2,5,7-9,13-14H,3-4,6,10-12H2,1H3,(H2,22,23,24);1H. The van der Waals surface area contributed by atoms with Gasteiger partial charge in [0.15, 0.2) is 17.5 Å². The van der Waals surface area contributed by atoms with E-state index in [2.05, 4.69) is 15.6 Å². The van der Waals surface area contributed by atoms with E-state index in [1.165, 1.54) is 6.07 Å². The van der Waals surface area contributed by atoms with Gasteiger partial charge < -0.3 is 20.1 Å². The van der Waals surface area contributed by atoms with Crippen LogP contribution in [0.3, 0.4) is 0 Å². The summed E-state index contributed by atoms with van der Waals surface area (Å²) in [6.07, 6.45) is 2.57. The predicted molar refractivity (Wildman–Crippen MR) is 117 cm³/mol. The van der Waals surface area contributed by atoms with Crippen LogP contribution in [-0.2, 0) is 6.42 Å². The van der Waals surface area contributed by atoms with Gasteiger partial charge in [-0.1, -0.05) is 12.1 Å². The monoisotopic (exact) mass is 485 g/mol. The number of hydrogen-bond acceptors (Lipinski definition) is 3. The topological polar surface area (TPSA) is 54.9 Å². The van der Waals surface area contributed by atoms with Gasteiger partial charge in [-0.3, -0.25) is 4.99 Å². The van der Waals surface area contributed by atoms with Crippen LogP contribution in [-0.4, -0.2) is 32.8 Å². The molecule has 2 aromatic rings. The number of fused-ring (bicyclic) bond motifs is 1. The fraction of sp³-hybridized carbons (Fsp3) is 0.350. The second kappa shape index (κ2) is 11.0. The van der Waals surface area contributed by atoms with Crippen LogP contribution in [0.5, 0.6) is 11.5 Å². The Balaban J connectivity index is 0.00000261. The number of halogens is 2. The first-order chi connectivity index (χ1) is 12.7. The molecule has 1 heterocycles. The minimum atomic E-state index is -0.192. The highest BCUT2D eigenvalue weighted by Gasteiger charge is 2.11. The lowest BCUT2D eigenvalue weighted by Crippen LogP contribution is -2.31. The van der Waals surface area contributed by atoms with Crippen molar-refractivity contribution in [3.63, 3.8) is 0 Å². The Hall–Kier alpha value is -2.03. The van der Waals surface area contributed by atoms with Crippen LogP contribution < -0.4 is 20.1 Å². The van der Waals surface area contributed by atoms with Crippen LogP contribution in [0.25, 0.3) is 0 Å². The van der Waals surface area contributed by atoms with Crippen LogP contribution in [0.1, 0.15) is 18.4 Å². The minimum absolute atomic E-state index is 0. The van der Waals surface area contributed by atoms with Crippen molar-refractivity contribution in [1.29, 1.82) is 0 Å². The number of aryl methyl sites for hydroxylation is 1. The van der Waals surface area contributed by atoms with Crippen LogP contribution in [0.15, 0.2) is 47.5 Å². The van der Waals surface area contributed by atoms with Gasteiger partial charge in [-0.2, -0.15) is 0 Å². The van der Waals surface area contributed by atoms with Crippen molar-refractivity contribution in [3.8, 4) is 11.5 Å². The molecule has 7 heteroatoms. The number of benzene rings is 2. The molecule has 0 saturated carbocycles. The zero-order valence-corrected chi connectivity index (χ0v) is 17.7. The zero-order chi connectivity index (χ0) is 18.2. The molecule has 0 aromatic heterocycles. The molecule has 5 nitrogen and oxygen atoms in total.